The summed E-state index contributed by atoms with van der Waals surface area (Å²) >= 11 is 5.88. The molecule has 0 aliphatic heterocycles. The van der Waals surface area contributed by atoms with Crippen LogP contribution in [0.5, 0.6) is 17.2 Å². The smallest absolute Gasteiger partial charge is 0.171 e. The number of rotatable bonds is 3. The number of nitrogens with two attached hydrogens (primary N) is 1. The molecule has 0 spiro atoms. The van der Waals surface area contributed by atoms with Crippen LogP contribution in [0, 0.1) is 0 Å². The second-order valence-corrected chi connectivity index (χ2v) is 3.91. The highest BCUT2D eigenvalue weighted by Gasteiger charge is 2.06. The van der Waals surface area contributed by atoms with Crippen molar-refractivity contribution in [1.82, 2.24) is 0 Å². The lowest BCUT2D eigenvalue weighted by atomic mass is 10.3. The average Bonchev–Trinajstić information content (AvgIpc) is 2.29. The minimum absolute atomic E-state index is 0.565. The Labute approximate surface area is 105 Å². The lowest BCUT2D eigenvalue weighted by molar-refractivity contribution is 0.379. The maximum absolute atomic E-state index is 5.88. The van der Waals surface area contributed by atoms with Gasteiger partial charge in [0.25, 0.3) is 0 Å². The third-order valence-electron chi connectivity index (χ3n) is 2.21. The van der Waals surface area contributed by atoms with E-state index < -0.39 is 0 Å². The molecule has 0 amide bonds. The quantitative estimate of drug-likeness (QED) is 0.843. The summed E-state index contributed by atoms with van der Waals surface area (Å²) in [6.07, 6.45) is 0. The molecule has 0 fully saturated rings. The summed E-state index contributed by atoms with van der Waals surface area (Å²) in [7, 11) is 1.58. The molecule has 0 aliphatic rings. The van der Waals surface area contributed by atoms with Gasteiger partial charge < -0.3 is 15.2 Å². The molecule has 2 aromatic carbocycles. The zero-order chi connectivity index (χ0) is 12.3. The number of halogens is 1. The molecule has 0 atom stereocenters. The Morgan fingerprint density at radius 3 is 2.59 bits per heavy atom. The molecule has 0 unspecified atom stereocenters. The number of nitrogen functional groups attached to an aromatic ring is 1. The van der Waals surface area contributed by atoms with Gasteiger partial charge in [-0.3, -0.25) is 0 Å². The van der Waals surface area contributed by atoms with Crippen molar-refractivity contribution >= 4 is 17.3 Å². The van der Waals surface area contributed by atoms with Crippen molar-refractivity contribution < 1.29 is 9.47 Å². The van der Waals surface area contributed by atoms with Crippen LogP contribution in [0.3, 0.4) is 0 Å². The molecule has 2 N–H and O–H groups in total. The third kappa shape index (κ3) is 2.82. The first kappa shape index (κ1) is 11.6. The Morgan fingerprint density at radius 2 is 1.88 bits per heavy atom. The molecular formula is C13H12ClNO2. The second-order valence-electron chi connectivity index (χ2n) is 3.47. The molecule has 4 heteroatoms. The first-order valence-electron chi connectivity index (χ1n) is 5.06. The Morgan fingerprint density at radius 1 is 1.06 bits per heavy atom. The van der Waals surface area contributed by atoms with Crippen LogP contribution in [-0.4, -0.2) is 7.11 Å². The highest BCUT2D eigenvalue weighted by molar-refractivity contribution is 6.30. The van der Waals surface area contributed by atoms with Crippen LogP contribution in [0.1, 0.15) is 0 Å². The first-order chi connectivity index (χ1) is 8.19. The van der Waals surface area contributed by atoms with Crippen LogP contribution in [0.25, 0.3) is 0 Å². The lowest BCUT2D eigenvalue weighted by Gasteiger charge is -2.10. The predicted molar refractivity (Wildman–Crippen MR) is 68.9 cm³/mol. The average molecular weight is 250 g/mol. The Kier molecular flexibility index (Phi) is 3.40. The standard InChI is InChI=1S/C13H12ClNO2/c1-16-12-6-5-10(15)8-13(12)17-11-4-2-3-9(14)7-11/h2-8H,15H2,1H3. The van der Waals surface area contributed by atoms with E-state index in [1.807, 2.05) is 12.1 Å². The predicted octanol–water partition coefficient (Wildman–Crippen LogP) is 3.72. The summed E-state index contributed by atoms with van der Waals surface area (Å²) < 4.78 is 10.9. The van der Waals surface area contributed by atoms with Crippen molar-refractivity contribution in [1.29, 1.82) is 0 Å². The van der Waals surface area contributed by atoms with E-state index >= 15 is 0 Å². The number of anilines is 1. The van der Waals surface area contributed by atoms with Gasteiger partial charge in [0, 0.05) is 16.8 Å². The van der Waals surface area contributed by atoms with E-state index in [1.165, 1.54) is 0 Å². The fraction of sp³-hybridized carbons (Fsp3) is 0.0769. The number of hydrogen-bond donors (Lipinski definition) is 1. The van der Waals surface area contributed by atoms with Crippen LogP contribution < -0.4 is 15.2 Å². The summed E-state index contributed by atoms with van der Waals surface area (Å²) in [5.41, 5.74) is 6.32. The van der Waals surface area contributed by atoms with E-state index in [0.717, 1.165) is 0 Å². The minimum Gasteiger partial charge on any atom is -0.493 e. The third-order valence-corrected chi connectivity index (χ3v) is 2.45. The fourth-order valence-electron chi connectivity index (χ4n) is 1.43. The Bertz CT molecular complexity index is 529. The van der Waals surface area contributed by atoms with Gasteiger partial charge in [0.15, 0.2) is 11.5 Å². The van der Waals surface area contributed by atoms with Crippen LogP contribution >= 0.6 is 11.6 Å². The SMILES string of the molecule is COc1ccc(N)cc1Oc1cccc(Cl)c1. The maximum Gasteiger partial charge on any atom is 0.171 e. The summed E-state index contributed by atoms with van der Waals surface area (Å²) in [5, 5.41) is 0.616. The first-order valence-corrected chi connectivity index (χ1v) is 5.44. The molecule has 0 radical (unpaired) electrons. The molecule has 88 valence electrons. The highest BCUT2D eigenvalue weighted by Crippen LogP contribution is 2.33. The highest BCUT2D eigenvalue weighted by atomic mass is 35.5. The second kappa shape index (κ2) is 4.97. The largest absolute Gasteiger partial charge is 0.493 e. The van der Waals surface area contributed by atoms with E-state index in [0.29, 0.717) is 28.0 Å². The molecular weight excluding hydrogens is 238 g/mol. The van der Waals surface area contributed by atoms with Gasteiger partial charge in [-0.2, -0.15) is 0 Å². The van der Waals surface area contributed by atoms with E-state index in [-0.39, 0.29) is 0 Å². The van der Waals surface area contributed by atoms with E-state index in [9.17, 15) is 0 Å². The van der Waals surface area contributed by atoms with Gasteiger partial charge in [-0.1, -0.05) is 17.7 Å². The molecule has 0 saturated carbocycles. The van der Waals surface area contributed by atoms with Gasteiger partial charge in [-0.05, 0) is 30.3 Å². The topological polar surface area (TPSA) is 44.5 Å². The summed E-state index contributed by atoms with van der Waals surface area (Å²) in [6.45, 7) is 0. The molecule has 17 heavy (non-hydrogen) atoms. The Balaban J connectivity index is 2.32. The normalized spacial score (nSPS) is 10.0. The lowest BCUT2D eigenvalue weighted by Crippen LogP contribution is -1.92. The number of methoxy groups -OCH3 is 1. The molecule has 0 bridgehead atoms. The van der Waals surface area contributed by atoms with Crippen LogP contribution in [0.2, 0.25) is 5.02 Å². The van der Waals surface area contributed by atoms with Crippen molar-refractivity contribution in [3.8, 4) is 17.2 Å². The minimum atomic E-state index is 0.565. The number of benzene rings is 2. The van der Waals surface area contributed by atoms with E-state index in [2.05, 4.69) is 0 Å². The zero-order valence-corrected chi connectivity index (χ0v) is 10.1. The molecule has 0 aliphatic carbocycles. The number of hydrogen-bond acceptors (Lipinski definition) is 3. The summed E-state index contributed by atoms with van der Waals surface area (Å²) in [5.74, 6) is 1.83. The van der Waals surface area contributed by atoms with Gasteiger partial charge in [0.1, 0.15) is 5.75 Å². The monoisotopic (exact) mass is 249 g/mol. The summed E-state index contributed by atoms with van der Waals surface area (Å²) in [4.78, 5) is 0. The van der Waals surface area contributed by atoms with Crippen LogP contribution in [-0.2, 0) is 0 Å². The van der Waals surface area contributed by atoms with Crippen LogP contribution in [0.15, 0.2) is 42.5 Å². The van der Waals surface area contributed by atoms with Crippen molar-refractivity contribution in [3.05, 3.63) is 47.5 Å². The molecule has 2 aromatic rings. The van der Waals surface area contributed by atoms with Gasteiger partial charge in [-0.25, -0.2) is 0 Å². The Hall–Kier alpha value is -1.87. The fourth-order valence-corrected chi connectivity index (χ4v) is 1.61. The van der Waals surface area contributed by atoms with Gasteiger partial charge >= 0.3 is 0 Å². The number of ether oxygens (including phenoxy) is 2. The van der Waals surface area contributed by atoms with Gasteiger partial charge in [-0.15, -0.1) is 0 Å². The molecule has 3 nitrogen and oxygen atoms in total. The molecule has 2 rings (SSSR count). The summed E-state index contributed by atoms with van der Waals surface area (Å²) in [6, 6.07) is 12.4. The zero-order valence-electron chi connectivity index (χ0n) is 9.31. The maximum atomic E-state index is 5.88. The van der Waals surface area contributed by atoms with Gasteiger partial charge in [0.05, 0.1) is 7.11 Å². The van der Waals surface area contributed by atoms with E-state index in [1.54, 1.807) is 37.4 Å². The molecule has 0 aromatic heterocycles. The van der Waals surface area contributed by atoms with Crippen LogP contribution in [0.4, 0.5) is 5.69 Å². The van der Waals surface area contributed by atoms with Gasteiger partial charge in [0.2, 0.25) is 0 Å². The van der Waals surface area contributed by atoms with Crippen molar-refractivity contribution in [2.75, 3.05) is 12.8 Å². The molecule has 0 saturated heterocycles. The van der Waals surface area contributed by atoms with Crippen molar-refractivity contribution in [2.45, 2.75) is 0 Å². The van der Waals surface area contributed by atoms with Crippen molar-refractivity contribution in [3.63, 3.8) is 0 Å². The van der Waals surface area contributed by atoms with E-state index in [4.69, 9.17) is 26.8 Å². The molecule has 0 heterocycles. The van der Waals surface area contributed by atoms with Crippen molar-refractivity contribution in [2.24, 2.45) is 0 Å².